The minimum absolute atomic E-state index is 0.0245. The number of ether oxygens (including phenoxy) is 4. The van der Waals surface area contributed by atoms with E-state index in [1.54, 1.807) is 0 Å². The van der Waals surface area contributed by atoms with E-state index in [1.165, 1.54) is 15.6 Å². The third kappa shape index (κ3) is 2.54. The summed E-state index contributed by atoms with van der Waals surface area (Å²) < 4.78 is 25.1. The molecule has 1 saturated carbocycles. The molecule has 2 fully saturated rings. The maximum atomic E-state index is 6.00. The molecular formula is C20H23BrO4. The van der Waals surface area contributed by atoms with Gasteiger partial charge in [0.25, 0.3) is 0 Å². The molecule has 2 spiro atoms. The highest BCUT2D eigenvalue weighted by atomic mass is 79.9. The van der Waals surface area contributed by atoms with Crippen molar-refractivity contribution in [1.29, 1.82) is 0 Å². The summed E-state index contributed by atoms with van der Waals surface area (Å²) in [4.78, 5) is 0. The Morgan fingerprint density at radius 1 is 0.800 bits per heavy atom. The second-order valence-electron chi connectivity index (χ2n) is 7.47. The molecule has 0 aromatic heterocycles. The minimum atomic E-state index is -0.343. The Labute approximate surface area is 156 Å². The number of benzene rings is 1. The largest absolute Gasteiger partial charge is 0.490 e. The SMILES string of the molecule is BrC1=Cc2cc3c(cc2C12CCC1(CC2)OCCO1)OCCCCO3. The molecule has 0 atom stereocenters. The van der Waals surface area contributed by atoms with Crippen LogP contribution in [0.25, 0.3) is 6.08 Å². The van der Waals surface area contributed by atoms with Gasteiger partial charge in [-0.15, -0.1) is 0 Å². The van der Waals surface area contributed by atoms with Crippen LogP contribution >= 0.6 is 15.9 Å². The summed E-state index contributed by atoms with van der Waals surface area (Å²) in [5, 5.41) is 0. The van der Waals surface area contributed by atoms with Crippen LogP contribution in [0.2, 0.25) is 0 Å². The lowest BCUT2D eigenvalue weighted by atomic mass is 9.69. The molecule has 0 radical (unpaired) electrons. The molecule has 2 aliphatic heterocycles. The Balaban J connectivity index is 1.50. The summed E-state index contributed by atoms with van der Waals surface area (Å²) in [7, 11) is 0. The Morgan fingerprint density at radius 3 is 2.12 bits per heavy atom. The lowest BCUT2D eigenvalue weighted by molar-refractivity contribution is -0.182. The number of fused-ring (bicyclic) bond motifs is 3. The van der Waals surface area contributed by atoms with E-state index in [2.05, 4.69) is 34.1 Å². The van der Waals surface area contributed by atoms with Gasteiger partial charge in [-0.1, -0.05) is 15.9 Å². The van der Waals surface area contributed by atoms with Gasteiger partial charge < -0.3 is 18.9 Å². The van der Waals surface area contributed by atoms with Crippen molar-refractivity contribution in [2.75, 3.05) is 26.4 Å². The zero-order chi connectivity index (χ0) is 16.9. The number of halogens is 1. The predicted octanol–water partition coefficient (Wildman–Crippen LogP) is 4.54. The summed E-state index contributed by atoms with van der Waals surface area (Å²) >= 11 is 3.87. The summed E-state index contributed by atoms with van der Waals surface area (Å²) in [6.45, 7) is 2.97. The average Bonchev–Trinajstić information content (AvgIpc) is 3.15. The van der Waals surface area contributed by atoms with Crippen molar-refractivity contribution in [1.82, 2.24) is 0 Å². The van der Waals surface area contributed by atoms with Gasteiger partial charge in [0.05, 0.1) is 26.4 Å². The van der Waals surface area contributed by atoms with Crippen molar-refractivity contribution in [3.05, 3.63) is 27.7 Å². The summed E-state index contributed by atoms with van der Waals surface area (Å²) in [6, 6.07) is 4.37. The number of rotatable bonds is 0. The van der Waals surface area contributed by atoms with Gasteiger partial charge in [0, 0.05) is 22.7 Å². The van der Waals surface area contributed by atoms with Crippen LogP contribution in [0, 0.1) is 0 Å². The molecule has 1 aromatic rings. The first-order valence-corrected chi connectivity index (χ1v) is 10.1. The molecule has 5 rings (SSSR count). The maximum Gasteiger partial charge on any atom is 0.168 e. The van der Waals surface area contributed by atoms with Crippen LogP contribution in [-0.4, -0.2) is 32.2 Å². The van der Waals surface area contributed by atoms with Crippen LogP contribution in [0.5, 0.6) is 11.5 Å². The summed E-state index contributed by atoms with van der Waals surface area (Å²) in [5.41, 5.74) is 2.63. The molecule has 0 unspecified atom stereocenters. The van der Waals surface area contributed by atoms with Gasteiger partial charge in [-0.05, 0) is 55.0 Å². The second kappa shape index (κ2) is 6.00. The fourth-order valence-corrected chi connectivity index (χ4v) is 5.52. The van der Waals surface area contributed by atoms with Gasteiger partial charge >= 0.3 is 0 Å². The molecule has 1 saturated heterocycles. The van der Waals surface area contributed by atoms with Crippen molar-refractivity contribution in [3.8, 4) is 11.5 Å². The topological polar surface area (TPSA) is 36.9 Å². The van der Waals surface area contributed by atoms with Crippen LogP contribution in [-0.2, 0) is 14.9 Å². The van der Waals surface area contributed by atoms with Crippen LogP contribution < -0.4 is 9.47 Å². The van der Waals surface area contributed by atoms with Gasteiger partial charge in [0.15, 0.2) is 17.3 Å². The Morgan fingerprint density at radius 2 is 1.44 bits per heavy atom. The van der Waals surface area contributed by atoms with E-state index >= 15 is 0 Å². The molecule has 0 amide bonds. The van der Waals surface area contributed by atoms with Crippen molar-refractivity contribution < 1.29 is 18.9 Å². The molecule has 134 valence electrons. The van der Waals surface area contributed by atoms with Crippen LogP contribution in [0.3, 0.4) is 0 Å². The monoisotopic (exact) mass is 406 g/mol. The van der Waals surface area contributed by atoms with Gasteiger partial charge in [0.1, 0.15) is 0 Å². The first-order valence-electron chi connectivity index (χ1n) is 9.31. The zero-order valence-electron chi connectivity index (χ0n) is 14.3. The van der Waals surface area contributed by atoms with E-state index in [0.29, 0.717) is 0 Å². The first kappa shape index (κ1) is 16.2. The highest BCUT2D eigenvalue weighted by molar-refractivity contribution is 9.11. The van der Waals surface area contributed by atoms with E-state index < -0.39 is 0 Å². The third-order valence-electron chi connectivity index (χ3n) is 6.10. The molecule has 0 bridgehead atoms. The van der Waals surface area contributed by atoms with Crippen molar-refractivity contribution in [3.63, 3.8) is 0 Å². The predicted molar refractivity (Wildman–Crippen MR) is 98.4 cm³/mol. The molecular weight excluding hydrogens is 384 g/mol. The average molecular weight is 407 g/mol. The minimum Gasteiger partial charge on any atom is -0.490 e. The number of allylic oxidation sites excluding steroid dienone is 1. The molecule has 2 aliphatic carbocycles. The van der Waals surface area contributed by atoms with E-state index in [9.17, 15) is 0 Å². The Bertz CT molecular complexity index is 711. The van der Waals surface area contributed by atoms with Crippen molar-refractivity contribution in [2.45, 2.75) is 49.7 Å². The van der Waals surface area contributed by atoms with E-state index in [-0.39, 0.29) is 11.2 Å². The van der Waals surface area contributed by atoms with E-state index in [0.717, 1.165) is 76.5 Å². The lowest BCUT2D eigenvalue weighted by Crippen LogP contribution is -2.41. The fourth-order valence-electron chi connectivity index (χ4n) is 4.66. The first-order chi connectivity index (χ1) is 12.2. The Kier molecular flexibility index (Phi) is 3.88. The number of hydrogen-bond donors (Lipinski definition) is 0. The van der Waals surface area contributed by atoms with Crippen LogP contribution in [0.15, 0.2) is 16.6 Å². The zero-order valence-corrected chi connectivity index (χ0v) is 15.9. The molecule has 25 heavy (non-hydrogen) atoms. The third-order valence-corrected chi connectivity index (χ3v) is 7.09. The van der Waals surface area contributed by atoms with E-state index in [4.69, 9.17) is 18.9 Å². The van der Waals surface area contributed by atoms with E-state index in [1.807, 2.05) is 0 Å². The van der Waals surface area contributed by atoms with Gasteiger partial charge in [0.2, 0.25) is 0 Å². The summed E-state index contributed by atoms with van der Waals surface area (Å²) in [6.07, 6.45) is 8.26. The highest BCUT2D eigenvalue weighted by Crippen LogP contribution is 2.57. The number of hydrogen-bond acceptors (Lipinski definition) is 4. The lowest BCUT2D eigenvalue weighted by Gasteiger charge is -2.43. The smallest absolute Gasteiger partial charge is 0.168 e. The molecule has 5 heteroatoms. The van der Waals surface area contributed by atoms with Crippen LogP contribution in [0.1, 0.15) is 49.7 Å². The molecule has 1 aromatic carbocycles. The molecule has 2 heterocycles. The second-order valence-corrected chi connectivity index (χ2v) is 8.33. The van der Waals surface area contributed by atoms with Gasteiger partial charge in [-0.3, -0.25) is 0 Å². The van der Waals surface area contributed by atoms with Crippen molar-refractivity contribution in [2.24, 2.45) is 0 Å². The quantitative estimate of drug-likeness (QED) is 0.633. The molecule has 0 N–H and O–H groups in total. The summed E-state index contributed by atoms with van der Waals surface area (Å²) in [5.74, 6) is 1.42. The van der Waals surface area contributed by atoms with Crippen molar-refractivity contribution >= 4 is 22.0 Å². The molecule has 4 aliphatic rings. The highest BCUT2D eigenvalue weighted by Gasteiger charge is 2.50. The van der Waals surface area contributed by atoms with Gasteiger partial charge in [-0.25, -0.2) is 0 Å². The normalized spacial score (nSPS) is 26.2. The van der Waals surface area contributed by atoms with Gasteiger partial charge in [-0.2, -0.15) is 0 Å². The van der Waals surface area contributed by atoms with Crippen LogP contribution in [0.4, 0.5) is 0 Å². The Hall–Kier alpha value is -1.04. The maximum absolute atomic E-state index is 6.00. The standard InChI is InChI=1S/C20H23BrO4/c21-18-12-14-11-16-17(23-8-2-1-7-22-16)13-15(14)19(18)3-5-20(6-4-19)24-9-10-25-20/h11-13H,1-10H2. The molecule has 4 nitrogen and oxygen atoms in total. The fraction of sp³-hybridized carbons (Fsp3) is 0.600.